The van der Waals surface area contributed by atoms with Crippen LogP contribution < -0.4 is 10.9 Å². The van der Waals surface area contributed by atoms with Gasteiger partial charge in [-0.3, -0.25) is 9.20 Å². The van der Waals surface area contributed by atoms with Crippen molar-refractivity contribution in [3.8, 4) is 0 Å². The van der Waals surface area contributed by atoms with Gasteiger partial charge in [-0.25, -0.2) is 4.98 Å². The third kappa shape index (κ3) is 1.92. The summed E-state index contributed by atoms with van der Waals surface area (Å²) in [4.78, 5) is 15.3. The summed E-state index contributed by atoms with van der Waals surface area (Å²) in [5.74, 6) is 0. The van der Waals surface area contributed by atoms with Crippen LogP contribution >= 0.6 is 0 Å². The Morgan fingerprint density at radius 2 is 2.06 bits per heavy atom. The molecule has 96 valence electrons. The molecule has 0 aliphatic heterocycles. The number of fused-ring (bicyclic) bond motifs is 1. The van der Waals surface area contributed by atoms with Crippen molar-refractivity contribution in [3.05, 3.63) is 39.9 Å². The molecule has 0 atom stereocenters. The van der Waals surface area contributed by atoms with E-state index in [1.54, 1.807) is 13.1 Å². The monoisotopic (exact) mass is 257 g/mol. The summed E-state index contributed by atoms with van der Waals surface area (Å²) < 4.78 is 39.2. The van der Waals surface area contributed by atoms with Crippen LogP contribution in [0.25, 0.3) is 5.65 Å². The van der Waals surface area contributed by atoms with Crippen LogP contribution in [0.3, 0.4) is 0 Å². The number of rotatable bonds is 1. The minimum Gasteiger partial charge on any atom is -0.388 e. The zero-order valence-corrected chi connectivity index (χ0v) is 9.67. The smallest absolute Gasteiger partial charge is 0.388 e. The summed E-state index contributed by atoms with van der Waals surface area (Å²) >= 11 is 0. The van der Waals surface area contributed by atoms with Gasteiger partial charge in [0.1, 0.15) is 5.65 Å². The second-order valence-corrected chi connectivity index (χ2v) is 3.78. The minimum absolute atomic E-state index is 0.0372. The maximum absolute atomic E-state index is 12.7. The Labute approximate surface area is 100 Å². The van der Waals surface area contributed by atoms with E-state index >= 15 is 0 Å². The van der Waals surface area contributed by atoms with Gasteiger partial charge in [-0.05, 0) is 13.0 Å². The van der Waals surface area contributed by atoms with Crippen molar-refractivity contribution in [2.24, 2.45) is 0 Å². The molecule has 4 nitrogen and oxygen atoms in total. The molecule has 2 aromatic heterocycles. The summed E-state index contributed by atoms with van der Waals surface area (Å²) in [6.45, 7) is 1.12. The fraction of sp³-hybridized carbons (Fsp3) is 0.273. The number of alkyl halides is 3. The van der Waals surface area contributed by atoms with Crippen LogP contribution in [0.15, 0.2) is 23.1 Å². The Bertz CT molecular complexity index is 661. The lowest BCUT2D eigenvalue weighted by molar-refractivity contribution is -0.141. The second kappa shape index (κ2) is 4.01. The highest BCUT2D eigenvalue weighted by molar-refractivity contribution is 5.54. The number of aromatic nitrogens is 2. The van der Waals surface area contributed by atoms with Gasteiger partial charge in [-0.2, -0.15) is 13.2 Å². The number of hydrogen-bond donors (Lipinski definition) is 1. The average molecular weight is 257 g/mol. The number of hydrogen-bond acceptors (Lipinski definition) is 3. The van der Waals surface area contributed by atoms with Gasteiger partial charge in [0.25, 0.3) is 5.56 Å². The number of halogens is 3. The molecule has 0 saturated carbocycles. The second-order valence-electron chi connectivity index (χ2n) is 3.78. The molecule has 0 aliphatic rings. The lowest BCUT2D eigenvalue weighted by Gasteiger charge is -2.11. The van der Waals surface area contributed by atoms with Crippen molar-refractivity contribution in [2.75, 3.05) is 12.4 Å². The fourth-order valence-corrected chi connectivity index (χ4v) is 1.66. The van der Waals surface area contributed by atoms with Gasteiger partial charge in [-0.1, -0.05) is 0 Å². The zero-order chi connectivity index (χ0) is 13.5. The SMILES string of the molecule is CNc1ccn2c(=O)c(C)c(C(F)(F)F)nc2c1. The van der Waals surface area contributed by atoms with Gasteiger partial charge in [0, 0.05) is 30.6 Å². The molecular weight excluding hydrogens is 247 g/mol. The van der Waals surface area contributed by atoms with Gasteiger partial charge < -0.3 is 5.32 Å². The molecule has 0 amide bonds. The molecule has 7 heteroatoms. The van der Waals surface area contributed by atoms with Crippen LogP contribution in [0, 0.1) is 6.92 Å². The molecule has 0 radical (unpaired) electrons. The molecule has 0 unspecified atom stereocenters. The molecule has 2 heterocycles. The van der Waals surface area contributed by atoms with Crippen LogP contribution in [0.4, 0.5) is 18.9 Å². The maximum Gasteiger partial charge on any atom is 0.433 e. The number of nitrogens with one attached hydrogen (secondary N) is 1. The van der Waals surface area contributed by atoms with E-state index in [9.17, 15) is 18.0 Å². The van der Waals surface area contributed by atoms with Crippen molar-refractivity contribution in [1.29, 1.82) is 0 Å². The molecule has 2 aromatic rings. The van der Waals surface area contributed by atoms with Crippen LogP contribution in [0.5, 0.6) is 0 Å². The molecule has 0 bridgehead atoms. The topological polar surface area (TPSA) is 46.4 Å². The largest absolute Gasteiger partial charge is 0.433 e. The first-order valence-corrected chi connectivity index (χ1v) is 5.12. The standard InChI is InChI=1S/C11H10F3N3O/c1-6-9(11(12,13)14)16-8-5-7(15-2)3-4-17(8)10(6)18/h3-5,15H,1-2H3. The van der Waals surface area contributed by atoms with Crippen molar-refractivity contribution < 1.29 is 13.2 Å². The summed E-state index contributed by atoms with van der Waals surface area (Å²) in [6, 6.07) is 2.97. The van der Waals surface area contributed by atoms with Crippen LogP contribution in [-0.4, -0.2) is 16.4 Å². The Hall–Kier alpha value is -2.05. The third-order valence-electron chi connectivity index (χ3n) is 2.61. The molecule has 1 N–H and O–H groups in total. The first-order chi connectivity index (χ1) is 8.34. The fourth-order valence-electron chi connectivity index (χ4n) is 1.66. The Morgan fingerprint density at radius 3 is 2.61 bits per heavy atom. The van der Waals surface area contributed by atoms with Crippen molar-refractivity contribution in [1.82, 2.24) is 9.38 Å². The van der Waals surface area contributed by atoms with Gasteiger partial charge in [0.2, 0.25) is 0 Å². The molecule has 0 spiro atoms. The molecule has 2 rings (SSSR count). The van der Waals surface area contributed by atoms with E-state index in [1.165, 1.54) is 12.3 Å². The lowest BCUT2D eigenvalue weighted by Crippen LogP contribution is -2.24. The van der Waals surface area contributed by atoms with Gasteiger partial charge in [0.05, 0.1) is 0 Å². The highest BCUT2D eigenvalue weighted by Crippen LogP contribution is 2.29. The van der Waals surface area contributed by atoms with E-state index < -0.39 is 23.0 Å². The normalized spacial score (nSPS) is 11.8. The predicted molar refractivity (Wildman–Crippen MR) is 60.7 cm³/mol. The maximum atomic E-state index is 12.7. The molecule has 0 fully saturated rings. The van der Waals surface area contributed by atoms with Gasteiger partial charge >= 0.3 is 6.18 Å². The molecule has 0 saturated heterocycles. The number of anilines is 1. The summed E-state index contributed by atoms with van der Waals surface area (Å²) in [7, 11) is 1.63. The van der Waals surface area contributed by atoms with Crippen molar-refractivity contribution >= 4 is 11.3 Å². The summed E-state index contributed by atoms with van der Waals surface area (Å²) in [5, 5.41) is 2.77. The van der Waals surface area contributed by atoms with E-state index in [0.717, 1.165) is 11.3 Å². The molecular formula is C11H10F3N3O. The van der Waals surface area contributed by atoms with E-state index in [-0.39, 0.29) is 5.65 Å². The molecule has 0 aromatic carbocycles. The lowest BCUT2D eigenvalue weighted by atomic mass is 10.2. The van der Waals surface area contributed by atoms with Gasteiger partial charge in [-0.15, -0.1) is 0 Å². The Morgan fingerprint density at radius 1 is 1.39 bits per heavy atom. The highest BCUT2D eigenvalue weighted by atomic mass is 19.4. The van der Waals surface area contributed by atoms with Crippen LogP contribution in [0.1, 0.15) is 11.3 Å². The minimum atomic E-state index is -4.63. The Kier molecular flexibility index (Phi) is 2.76. The van der Waals surface area contributed by atoms with Gasteiger partial charge in [0.15, 0.2) is 5.69 Å². The van der Waals surface area contributed by atoms with E-state index in [1.807, 2.05) is 0 Å². The van der Waals surface area contributed by atoms with Crippen molar-refractivity contribution in [2.45, 2.75) is 13.1 Å². The van der Waals surface area contributed by atoms with Crippen LogP contribution in [0.2, 0.25) is 0 Å². The van der Waals surface area contributed by atoms with E-state index in [0.29, 0.717) is 5.69 Å². The molecule has 18 heavy (non-hydrogen) atoms. The van der Waals surface area contributed by atoms with E-state index in [4.69, 9.17) is 0 Å². The van der Waals surface area contributed by atoms with Crippen molar-refractivity contribution in [3.63, 3.8) is 0 Å². The average Bonchev–Trinajstić information content (AvgIpc) is 2.31. The van der Waals surface area contributed by atoms with Crippen LogP contribution in [-0.2, 0) is 6.18 Å². The third-order valence-corrected chi connectivity index (χ3v) is 2.61. The first kappa shape index (κ1) is 12.4. The zero-order valence-electron chi connectivity index (χ0n) is 9.67. The number of nitrogens with zero attached hydrogens (tertiary/aromatic N) is 2. The predicted octanol–water partition coefficient (Wildman–Crippen LogP) is 2.06. The summed E-state index contributed by atoms with van der Waals surface area (Å²) in [5.41, 5.74) is -1.71. The van der Waals surface area contributed by atoms with E-state index in [2.05, 4.69) is 10.3 Å². The highest BCUT2D eigenvalue weighted by Gasteiger charge is 2.36. The first-order valence-electron chi connectivity index (χ1n) is 5.12. The number of pyridine rings is 1. The summed E-state index contributed by atoms with van der Waals surface area (Å²) in [6.07, 6.45) is -3.24. The quantitative estimate of drug-likeness (QED) is 0.850. The Balaban J connectivity index is 2.84. The molecule has 0 aliphatic carbocycles.